The van der Waals surface area contributed by atoms with E-state index in [9.17, 15) is 0 Å². The van der Waals surface area contributed by atoms with Crippen LogP contribution >= 0.6 is 12.2 Å². The van der Waals surface area contributed by atoms with Gasteiger partial charge in [-0.15, -0.1) is 0 Å². The SMILES string of the molecule is Cc1ccc(-n2cccc2[C@H]2[C@@H](c3ccccn3)NC(=S)N2Cc2ccco2)nc1. The molecule has 1 N–H and O–H groups in total. The number of aryl methyl sites for hydroxylation is 1. The fraction of sp³-hybridized carbons (Fsp3) is 0.174. The van der Waals surface area contributed by atoms with Gasteiger partial charge in [-0.1, -0.05) is 12.1 Å². The second-order valence-electron chi connectivity index (χ2n) is 7.33. The molecule has 4 aromatic rings. The number of hydrogen-bond acceptors (Lipinski definition) is 4. The monoisotopic (exact) mass is 415 g/mol. The number of aromatic nitrogens is 3. The maximum absolute atomic E-state index is 5.74. The van der Waals surface area contributed by atoms with E-state index < -0.39 is 0 Å². The molecule has 1 saturated heterocycles. The predicted molar refractivity (Wildman–Crippen MR) is 118 cm³/mol. The van der Waals surface area contributed by atoms with Crippen molar-refractivity contribution in [3.05, 3.63) is 102 Å². The first-order valence-electron chi connectivity index (χ1n) is 9.81. The van der Waals surface area contributed by atoms with Gasteiger partial charge in [0.2, 0.25) is 0 Å². The minimum Gasteiger partial charge on any atom is -0.467 e. The van der Waals surface area contributed by atoms with E-state index in [1.54, 1.807) is 6.26 Å². The van der Waals surface area contributed by atoms with Crippen molar-refractivity contribution in [3.8, 4) is 5.82 Å². The molecule has 7 heteroatoms. The van der Waals surface area contributed by atoms with Gasteiger partial charge >= 0.3 is 0 Å². The van der Waals surface area contributed by atoms with Crippen LogP contribution in [0.15, 0.2) is 83.9 Å². The highest BCUT2D eigenvalue weighted by atomic mass is 32.1. The highest BCUT2D eigenvalue weighted by molar-refractivity contribution is 7.80. The molecule has 1 aliphatic rings. The first-order valence-corrected chi connectivity index (χ1v) is 10.2. The molecule has 30 heavy (non-hydrogen) atoms. The third-order valence-corrected chi connectivity index (χ3v) is 5.68. The van der Waals surface area contributed by atoms with E-state index in [1.807, 2.05) is 68.0 Å². The van der Waals surface area contributed by atoms with Crippen LogP contribution in [0.3, 0.4) is 0 Å². The molecule has 0 bridgehead atoms. The van der Waals surface area contributed by atoms with Gasteiger partial charge in [0.25, 0.3) is 0 Å². The summed E-state index contributed by atoms with van der Waals surface area (Å²) < 4.78 is 7.73. The van der Waals surface area contributed by atoms with Gasteiger partial charge in [-0.3, -0.25) is 4.98 Å². The van der Waals surface area contributed by atoms with Crippen molar-refractivity contribution in [2.45, 2.75) is 25.6 Å². The summed E-state index contributed by atoms with van der Waals surface area (Å²) in [5, 5.41) is 4.16. The molecule has 5 rings (SSSR count). The molecule has 2 atom stereocenters. The Morgan fingerprint density at radius 2 is 2.00 bits per heavy atom. The molecule has 1 fully saturated rings. The second-order valence-corrected chi connectivity index (χ2v) is 7.72. The average molecular weight is 416 g/mol. The van der Waals surface area contributed by atoms with Crippen molar-refractivity contribution in [1.82, 2.24) is 24.8 Å². The first kappa shape index (κ1) is 18.6. The Morgan fingerprint density at radius 3 is 2.73 bits per heavy atom. The maximum Gasteiger partial charge on any atom is 0.170 e. The lowest BCUT2D eigenvalue weighted by molar-refractivity contribution is 0.280. The highest BCUT2D eigenvalue weighted by Crippen LogP contribution is 2.40. The van der Waals surface area contributed by atoms with Crippen LogP contribution in [0.1, 0.15) is 34.8 Å². The van der Waals surface area contributed by atoms with Gasteiger partial charge in [0.15, 0.2) is 5.11 Å². The van der Waals surface area contributed by atoms with E-state index in [0.717, 1.165) is 28.5 Å². The largest absolute Gasteiger partial charge is 0.467 e. The Balaban J connectivity index is 1.60. The summed E-state index contributed by atoms with van der Waals surface area (Å²) in [7, 11) is 0. The van der Waals surface area contributed by atoms with Gasteiger partial charge in [0.05, 0.1) is 30.6 Å². The van der Waals surface area contributed by atoms with Crippen LogP contribution in [0.2, 0.25) is 0 Å². The lowest BCUT2D eigenvalue weighted by Crippen LogP contribution is -2.29. The molecule has 0 amide bonds. The highest BCUT2D eigenvalue weighted by Gasteiger charge is 2.41. The van der Waals surface area contributed by atoms with Gasteiger partial charge in [-0.05, 0) is 67.2 Å². The maximum atomic E-state index is 5.74. The van der Waals surface area contributed by atoms with E-state index in [2.05, 4.69) is 36.9 Å². The second kappa shape index (κ2) is 7.76. The van der Waals surface area contributed by atoms with Crippen molar-refractivity contribution in [1.29, 1.82) is 0 Å². The lowest BCUT2D eigenvalue weighted by atomic mass is 10.0. The average Bonchev–Trinajstić information content (AvgIpc) is 3.51. The van der Waals surface area contributed by atoms with Gasteiger partial charge in [0, 0.05) is 24.3 Å². The third-order valence-electron chi connectivity index (χ3n) is 5.33. The summed E-state index contributed by atoms with van der Waals surface area (Å²) >= 11 is 5.74. The number of thiocarbonyl (C=S) groups is 1. The molecule has 0 unspecified atom stereocenters. The Bertz CT molecular complexity index is 1140. The minimum absolute atomic E-state index is 0.0735. The van der Waals surface area contributed by atoms with Gasteiger partial charge in [0.1, 0.15) is 11.6 Å². The van der Waals surface area contributed by atoms with Crippen LogP contribution in [0, 0.1) is 6.92 Å². The van der Waals surface area contributed by atoms with Crippen LogP contribution in [-0.2, 0) is 6.54 Å². The van der Waals surface area contributed by atoms with E-state index in [4.69, 9.17) is 16.6 Å². The van der Waals surface area contributed by atoms with Crippen LogP contribution in [-0.4, -0.2) is 24.5 Å². The fourth-order valence-electron chi connectivity index (χ4n) is 3.91. The van der Waals surface area contributed by atoms with Crippen LogP contribution in [0.4, 0.5) is 0 Å². The van der Waals surface area contributed by atoms with Crippen LogP contribution in [0.25, 0.3) is 5.82 Å². The van der Waals surface area contributed by atoms with Crippen LogP contribution < -0.4 is 5.32 Å². The number of rotatable bonds is 5. The van der Waals surface area contributed by atoms with Gasteiger partial charge in [-0.2, -0.15) is 0 Å². The molecule has 5 heterocycles. The van der Waals surface area contributed by atoms with Crippen molar-refractivity contribution in [2.75, 3.05) is 0 Å². The lowest BCUT2D eigenvalue weighted by Gasteiger charge is -2.28. The van der Waals surface area contributed by atoms with Crippen molar-refractivity contribution in [3.63, 3.8) is 0 Å². The molecule has 0 spiro atoms. The van der Waals surface area contributed by atoms with Crippen molar-refractivity contribution >= 4 is 17.3 Å². The van der Waals surface area contributed by atoms with Gasteiger partial charge in [-0.25, -0.2) is 4.98 Å². The quantitative estimate of drug-likeness (QED) is 0.489. The molecular weight excluding hydrogens is 394 g/mol. The summed E-state index contributed by atoms with van der Waals surface area (Å²) in [6.45, 7) is 2.61. The van der Waals surface area contributed by atoms with E-state index >= 15 is 0 Å². The Labute approximate surface area is 180 Å². The van der Waals surface area contributed by atoms with Crippen molar-refractivity contribution in [2.24, 2.45) is 0 Å². The minimum atomic E-state index is -0.0900. The number of pyridine rings is 2. The zero-order valence-corrected chi connectivity index (χ0v) is 17.3. The molecular formula is C23H21N5OS. The molecule has 0 radical (unpaired) electrons. The van der Waals surface area contributed by atoms with E-state index in [1.165, 1.54) is 0 Å². The van der Waals surface area contributed by atoms with E-state index in [0.29, 0.717) is 11.7 Å². The molecule has 6 nitrogen and oxygen atoms in total. The van der Waals surface area contributed by atoms with Gasteiger partial charge < -0.3 is 19.2 Å². The molecule has 1 aliphatic heterocycles. The fourth-order valence-corrected chi connectivity index (χ4v) is 4.22. The molecule has 0 saturated carbocycles. The topological polar surface area (TPSA) is 59.1 Å². The number of nitrogens with zero attached hydrogens (tertiary/aromatic N) is 4. The van der Waals surface area contributed by atoms with Crippen molar-refractivity contribution < 1.29 is 4.42 Å². The standard InChI is InChI=1S/C23H21N5OS/c1-16-9-10-20(25-14-16)27-12-4-8-19(27)22-21(18-7-2-3-11-24-18)26-23(30)28(22)15-17-6-5-13-29-17/h2-14,21-22H,15H2,1H3,(H,26,30)/t21-,22+/m1/s1. The third kappa shape index (κ3) is 3.37. The normalized spacial score (nSPS) is 18.6. The smallest absolute Gasteiger partial charge is 0.170 e. The summed E-state index contributed by atoms with van der Waals surface area (Å²) in [6, 6.07) is 17.9. The molecule has 4 aromatic heterocycles. The summed E-state index contributed by atoms with van der Waals surface area (Å²) in [5.74, 6) is 1.73. The summed E-state index contributed by atoms with van der Waals surface area (Å²) in [6.07, 6.45) is 7.42. The zero-order valence-electron chi connectivity index (χ0n) is 16.5. The number of nitrogens with one attached hydrogen (secondary N) is 1. The predicted octanol–water partition coefficient (Wildman–Crippen LogP) is 4.34. The number of hydrogen-bond donors (Lipinski definition) is 1. The van der Waals surface area contributed by atoms with E-state index in [-0.39, 0.29) is 12.1 Å². The number of furan rings is 1. The Hall–Kier alpha value is -3.45. The Kier molecular flexibility index (Phi) is 4.80. The molecule has 0 aromatic carbocycles. The molecule has 0 aliphatic carbocycles. The first-order chi connectivity index (χ1) is 14.7. The molecule has 150 valence electrons. The summed E-state index contributed by atoms with van der Waals surface area (Å²) in [4.78, 5) is 11.4. The Morgan fingerprint density at radius 1 is 1.07 bits per heavy atom. The summed E-state index contributed by atoms with van der Waals surface area (Å²) in [5.41, 5.74) is 3.15. The van der Waals surface area contributed by atoms with Crippen LogP contribution in [0.5, 0.6) is 0 Å². The zero-order chi connectivity index (χ0) is 20.5.